The molecular weight excluding hydrogens is 111 g/mol. The molecule has 0 saturated heterocycles. The molecule has 0 heterocycles. The Labute approximate surface area is 43.4 Å². The third kappa shape index (κ3) is 5.93. The summed E-state index contributed by atoms with van der Waals surface area (Å²) < 4.78 is 9.56. The monoisotopic (exact) mass is 118 g/mol. The van der Waals surface area contributed by atoms with E-state index in [1.165, 1.54) is 0 Å². The van der Waals surface area contributed by atoms with Crippen molar-refractivity contribution in [2.45, 2.75) is 0 Å². The van der Waals surface area contributed by atoms with Crippen molar-refractivity contribution in [3.8, 4) is 5.75 Å². The van der Waals surface area contributed by atoms with Crippen LogP contribution in [0, 0.1) is 5.75 Å². The Morgan fingerprint density at radius 3 is 3.00 bits per heavy atom. The molecule has 0 aromatic heterocycles. The van der Waals surface area contributed by atoms with Crippen molar-refractivity contribution in [3.05, 3.63) is 0 Å². The van der Waals surface area contributed by atoms with Gasteiger partial charge < -0.3 is 0 Å². The molecule has 0 aliphatic carbocycles. The van der Waals surface area contributed by atoms with Crippen LogP contribution in [0.2, 0.25) is 0 Å². The molecule has 0 rings (SSSR count). The van der Waals surface area contributed by atoms with Crippen molar-refractivity contribution >= 4 is 7.92 Å². The van der Waals surface area contributed by atoms with Crippen LogP contribution >= 0.6 is 7.92 Å². The molecule has 7 heavy (non-hydrogen) atoms. The molecule has 0 saturated carbocycles. The molecule has 0 aromatic rings. The molecule has 40 valence electrons. The van der Waals surface area contributed by atoms with E-state index in [2.05, 4.69) is 11.1 Å². The molecule has 0 fully saturated rings. The van der Waals surface area contributed by atoms with Crippen LogP contribution in [-0.2, 0) is 4.57 Å². The van der Waals surface area contributed by atoms with Crippen LogP contribution in [0.4, 0.5) is 0 Å². The number of hydrogen-bond donors (Lipinski definition) is 2. The zero-order chi connectivity index (χ0) is 5.54. The van der Waals surface area contributed by atoms with Gasteiger partial charge in [-0.15, -0.1) is 0 Å². The normalized spacial score (nSPS) is 7.57. The molecule has 0 unspecified atom stereocenters. The third-order valence-corrected chi connectivity index (χ3v) is 0.643. The summed E-state index contributed by atoms with van der Waals surface area (Å²) in [6.07, 6.45) is 0. The molecule has 0 atom stereocenters. The second kappa shape index (κ2) is 5.93. The van der Waals surface area contributed by atoms with E-state index in [-0.39, 0.29) is 7.92 Å². The standard InChI is InChI=1S/C3H7N2OP/c4-1-2-5-3-7-6/h5H,1-2,4H2. The molecule has 0 bridgehead atoms. The van der Waals surface area contributed by atoms with Gasteiger partial charge in [0.2, 0.25) is 0 Å². The van der Waals surface area contributed by atoms with Gasteiger partial charge in [-0.2, -0.15) is 0 Å². The van der Waals surface area contributed by atoms with Crippen LogP contribution < -0.4 is 11.1 Å². The molecule has 0 aliphatic heterocycles. The van der Waals surface area contributed by atoms with E-state index in [4.69, 9.17) is 5.73 Å². The van der Waals surface area contributed by atoms with Crippen molar-refractivity contribution in [3.63, 3.8) is 0 Å². The first-order valence-corrected chi connectivity index (χ1v) is 2.73. The predicted octanol–water partition coefficient (Wildman–Crippen LogP) is -0.257. The van der Waals surface area contributed by atoms with E-state index in [1.54, 1.807) is 0 Å². The Balaban J connectivity index is 2.93. The Morgan fingerprint density at radius 2 is 2.57 bits per heavy atom. The van der Waals surface area contributed by atoms with Gasteiger partial charge in [-0.3, -0.25) is 0 Å². The minimum absolute atomic E-state index is 0.112. The molecule has 0 spiro atoms. The fourth-order valence-corrected chi connectivity index (χ4v) is 0.337. The van der Waals surface area contributed by atoms with Crippen molar-refractivity contribution in [2.75, 3.05) is 13.1 Å². The summed E-state index contributed by atoms with van der Waals surface area (Å²) in [7, 11) is -0.112. The Kier molecular flexibility index (Phi) is 5.87. The predicted molar refractivity (Wildman–Crippen MR) is 28.6 cm³/mol. The first-order chi connectivity index (χ1) is 3.41. The summed E-state index contributed by atoms with van der Waals surface area (Å²) in [5.41, 5.74) is 5.06. The van der Waals surface area contributed by atoms with Crippen LogP contribution in [0.15, 0.2) is 0 Å². The molecule has 3 N–H and O–H groups in total. The molecule has 3 nitrogen and oxygen atoms in total. The maximum atomic E-state index is 9.56. The summed E-state index contributed by atoms with van der Waals surface area (Å²) in [5.74, 6) is 2.34. The van der Waals surface area contributed by atoms with E-state index in [9.17, 15) is 4.57 Å². The van der Waals surface area contributed by atoms with E-state index in [0.29, 0.717) is 13.1 Å². The van der Waals surface area contributed by atoms with Gasteiger partial charge in [-0.05, 0) is 0 Å². The topological polar surface area (TPSA) is 55.1 Å². The van der Waals surface area contributed by atoms with Gasteiger partial charge in [-0.25, -0.2) is 0 Å². The molecule has 0 aromatic carbocycles. The van der Waals surface area contributed by atoms with Crippen LogP contribution in [0.1, 0.15) is 0 Å². The summed E-state index contributed by atoms with van der Waals surface area (Å²) in [6, 6.07) is 0. The number of hydrogen-bond acceptors (Lipinski definition) is 3. The molecular formula is C3H7N2OP. The Hall–Kier alpha value is -0.0700. The van der Waals surface area contributed by atoms with E-state index in [1.807, 2.05) is 0 Å². The quantitative estimate of drug-likeness (QED) is 0.298. The second-order valence-electron chi connectivity index (χ2n) is 0.919. The summed E-state index contributed by atoms with van der Waals surface area (Å²) in [6.45, 7) is 1.18. The first kappa shape index (κ1) is 6.93. The van der Waals surface area contributed by atoms with Crippen LogP contribution in [0.3, 0.4) is 0 Å². The van der Waals surface area contributed by atoms with Gasteiger partial charge >= 0.3 is 42.4 Å². The van der Waals surface area contributed by atoms with Crippen LogP contribution in [0.25, 0.3) is 0 Å². The van der Waals surface area contributed by atoms with E-state index < -0.39 is 0 Å². The van der Waals surface area contributed by atoms with Crippen LogP contribution in [-0.4, -0.2) is 13.1 Å². The second-order valence-corrected chi connectivity index (χ2v) is 1.32. The minimum atomic E-state index is -0.112. The Bertz CT molecular complexity index is 116. The Morgan fingerprint density at radius 1 is 1.86 bits per heavy atom. The van der Waals surface area contributed by atoms with Gasteiger partial charge in [0.25, 0.3) is 0 Å². The SMILES string of the molecule is NCCNC#P=O. The summed E-state index contributed by atoms with van der Waals surface area (Å²) >= 11 is 0. The van der Waals surface area contributed by atoms with Gasteiger partial charge in [0.1, 0.15) is 0 Å². The van der Waals surface area contributed by atoms with Gasteiger partial charge in [0, 0.05) is 0 Å². The van der Waals surface area contributed by atoms with E-state index >= 15 is 0 Å². The number of nitrogens with one attached hydrogen (secondary N) is 1. The third-order valence-electron chi connectivity index (χ3n) is 0.394. The summed E-state index contributed by atoms with van der Waals surface area (Å²) in [4.78, 5) is 0. The van der Waals surface area contributed by atoms with E-state index in [0.717, 1.165) is 0 Å². The fraction of sp³-hybridized carbons (Fsp3) is 0.667. The van der Waals surface area contributed by atoms with Crippen molar-refractivity contribution in [1.29, 1.82) is 0 Å². The van der Waals surface area contributed by atoms with Gasteiger partial charge in [0.05, 0.1) is 0 Å². The van der Waals surface area contributed by atoms with Gasteiger partial charge in [-0.1, -0.05) is 0 Å². The van der Waals surface area contributed by atoms with Crippen LogP contribution in [0.5, 0.6) is 0 Å². The zero-order valence-corrected chi connectivity index (χ0v) is 4.74. The molecule has 0 radical (unpaired) electrons. The van der Waals surface area contributed by atoms with Crippen molar-refractivity contribution < 1.29 is 4.57 Å². The first-order valence-electron chi connectivity index (χ1n) is 1.92. The maximum absolute atomic E-state index is 9.56. The zero-order valence-electron chi connectivity index (χ0n) is 3.85. The van der Waals surface area contributed by atoms with Crippen molar-refractivity contribution in [1.82, 2.24) is 5.32 Å². The molecule has 0 aliphatic rings. The number of rotatable bonds is 2. The number of nitrogens with two attached hydrogens (primary N) is 1. The summed E-state index contributed by atoms with van der Waals surface area (Å²) in [5, 5.41) is 2.58. The van der Waals surface area contributed by atoms with Gasteiger partial charge in [0.15, 0.2) is 0 Å². The molecule has 4 heteroatoms. The fourth-order valence-electron chi connectivity index (χ4n) is 0.160. The average Bonchev–Trinajstić information content (AvgIpc) is 1.69. The average molecular weight is 118 g/mol. The molecule has 0 amide bonds. The van der Waals surface area contributed by atoms with Crippen molar-refractivity contribution in [2.24, 2.45) is 5.73 Å².